The van der Waals surface area contributed by atoms with Gasteiger partial charge in [0.2, 0.25) is 0 Å². The number of hydrogen-bond acceptors (Lipinski definition) is 2. The number of piperidine rings is 2. The van der Waals surface area contributed by atoms with Crippen molar-refractivity contribution < 1.29 is 9.90 Å². The van der Waals surface area contributed by atoms with E-state index in [1.165, 1.54) is 6.42 Å². The Morgan fingerprint density at radius 2 is 2.06 bits per heavy atom. The third-order valence-corrected chi connectivity index (χ3v) is 3.85. The van der Waals surface area contributed by atoms with Gasteiger partial charge in [-0.25, -0.2) is 4.79 Å². The third kappa shape index (κ3) is 2.03. The van der Waals surface area contributed by atoms with E-state index in [2.05, 4.69) is 26.1 Å². The summed E-state index contributed by atoms with van der Waals surface area (Å²) in [4.78, 5) is 13.0. The lowest BCUT2D eigenvalue weighted by molar-refractivity contribution is -0.0115. The molecule has 0 spiro atoms. The number of nitrogens with zero attached hydrogens (tertiary/aromatic N) is 1. The van der Waals surface area contributed by atoms with Crippen molar-refractivity contribution in [1.29, 1.82) is 0 Å². The highest BCUT2D eigenvalue weighted by atomic mass is 16.4. The van der Waals surface area contributed by atoms with Crippen LogP contribution < -0.4 is 5.32 Å². The summed E-state index contributed by atoms with van der Waals surface area (Å²) in [6.45, 7) is 9.05. The van der Waals surface area contributed by atoms with Crippen molar-refractivity contribution >= 4 is 6.09 Å². The van der Waals surface area contributed by atoms with Crippen LogP contribution in [0, 0.1) is 17.3 Å². The fourth-order valence-electron chi connectivity index (χ4n) is 3.47. The van der Waals surface area contributed by atoms with Crippen molar-refractivity contribution in [2.24, 2.45) is 17.3 Å². The predicted molar refractivity (Wildman–Crippen MR) is 62.4 cm³/mol. The summed E-state index contributed by atoms with van der Waals surface area (Å²) < 4.78 is 0. The van der Waals surface area contributed by atoms with Gasteiger partial charge in [-0.1, -0.05) is 20.8 Å². The Bertz CT molecular complexity index is 285. The second-order valence-electron chi connectivity index (χ2n) is 6.27. The number of nitrogens with one attached hydrogen (secondary N) is 1. The van der Waals surface area contributed by atoms with Gasteiger partial charge in [0, 0.05) is 12.6 Å². The molecule has 0 aromatic rings. The summed E-state index contributed by atoms with van der Waals surface area (Å²) >= 11 is 0. The van der Waals surface area contributed by atoms with Gasteiger partial charge in [0.05, 0.1) is 0 Å². The molecule has 3 unspecified atom stereocenters. The van der Waals surface area contributed by atoms with Gasteiger partial charge < -0.3 is 15.3 Å². The molecule has 2 saturated heterocycles. The van der Waals surface area contributed by atoms with Crippen LogP contribution in [0.3, 0.4) is 0 Å². The van der Waals surface area contributed by atoms with Crippen LogP contribution in [0.1, 0.15) is 27.2 Å². The zero-order valence-corrected chi connectivity index (χ0v) is 10.4. The Balaban J connectivity index is 2.25. The number of carbonyl (C=O) groups is 1. The van der Waals surface area contributed by atoms with Gasteiger partial charge >= 0.3 is 6.09 Å². The van der Waals surface area contributed by atoms with Crippen LogP contribution in [0.15, 0.2) is 0 Å². The highest BCUT2D eigenvalue weighted by Gasteiger charge is 2.45. The molecule has 0 aromatic heterocycles. The van der Waals surface area contributed by atoms with Crippen LogP contribution in [0.4, 0.5) is 4.79 Å². The average Bonchev–Trinajstić information content (AvgIpc) is 2.14. The van der Waals surface area contributed by atoms with E-state index in [1.54, 1.807) is 4.90 Å². The second-order valence-corrected chi connectivity index (χ2v) is 6.27. The normalized spacial score (nSPS) is 34.9. The summed E-state index contributed by atoms with van der Waals surface area (Å²) in [7, 11) is 0. The SMILES string of the molecule is CC(C)(C)C1C2CNCC(C2)CN1C(=O)O. The molecule has 3 atom stereocenters. The molecule has 0 aromatic carbocycles. The molecule has 2 fully saturated rings. The van der Waals surface area contributed by atoms with Crippen molar-refractivity contribution in [2.45, 2.75) is 33.2 Å². The maximum absolute atomic E-state index is 11.3. The van der Waals surface area contributed by atoms with Crippen LogP contribution in [-0.4, -0.2) is 41.8 Å². The number of likely N-dealkylation sites (tertiary alicyclic amines) is 1. The summed E-state index contributed by atoms with van der Waals surface area (Å²) in [5.74, 6) is 0.983. The van der Waals surface area contributed by atoms with E-state index in [0.29, 0.717) is 18.4 Å². The number of rotatable bonds is 0. The molecule has 2 aliphatic heterocycles. The van der Waals surface area contributed by atoms with Crippen LogP contribution in [0.25, 0.3) is 0 Å². The average molecular weight is 226 g/mol. The van der Waals surface area contributed by atoms with E-state index >= 15 is 0 Å². The predicted octanol–water partition coefficient (Wildman–Crippen LogP) is 1.62. The molecule has 0 radical (unpaired) electrons. The molecule has 2 rings (SSSR count). The number of carboxylic acid groups (broad SMARTS) is 1. The van der Waals surface area contributed by atoms with Crippen molar-refractivity contribution in [2.75, 3.05) is 19.6 Å². The third-order valence-electron chi connectivity index (χ3n) is 3.85. The van der Waals surface area contributed by atoms with Crippen molar-refractivity contribution in [3.05, 3.63) is 0 Å². The monoisotopic (exact) mass is 226 g/mol. The fraction of sp³-hybridized carbons (Fsp3) is 0.917. The van der Waals surface area contributed by atoms with Crippen molar-refractivity contribution in [1.82, 2.24) is 10.2 Å². The summed E-state index contributed by atoms with van der Waals surface area (Å²) in [6.07, 6.45) is 0.426. The van der Waals surface area contributed by atoms with Gasteiger partial charge in [-0.15, -0.1) is 0 Å². The lowest BCUT2D eigenvalue weighted by Crippen LogP contribution is -2.62. The molecule has 2 bridgehead atoms. The Labute approximate surface area is 97.0 Å². The topological polar surface area (TPSA) is 52.6 Å². The molecule has 0 aliphatic carbocycles. The first kappa shape index (κ1) is 11.7. The fourth-order valence-corrected chi connectivity index (χ4v) is 3.47. The Morgan fingerprint density at radius 3 is 2.62 bits per heavy atom. The van der Waals surface area contributed by atoms with Gasteiger partial charge in [-0.05, 0) is 36.8 Å². The Hall–Kier alpha value is -0.770. The molecule has 1 amide bonds. The minimum atomic E-state index is -0.753. The summed E-state index contributed by atoms with van der Waals surface area (Å²) in [6, 6.07) is 0.147. The van der Waals surface area contributed by atoms with E-state index in [9.17, 15) is 9.90 Å². The first-order valence-corrected chi connectivity index (χ1v) is 6.10. The minimum Gasteiger partial charge on any atom is -0.465 e. The maximum atomic E-state index is 11.3. The number of hydrogen-bond donors (Lipinski definition) is 2. The van der Waals surface area contributed by atoms with Gasteiger partial charge in [0.1, 0.15) is 0 Å². The van der Waals surface area contributed by atoms with Crippen molar-refractivity contribution in [3.63, 3.8) is 0 Å². The molecule has 2 N–H and O–H groups in total. The van der Waals surface area contributed by atoms with E-state index < -0.39 is 6.09 Å². The minimum absolute atomic E-state index is 0.0209. The summed E-state index contributed by atoms with van der Waals surface area (Å²) in [5.41, 5.74) is 0.0209. The molecular weight excluding hydrogens is 204 g/mol. The number of fused-ring (bicyclic) bond motifs is 2. The molecule has 0 saturated carbocycles. The molecule has 2 aliphatic rings. The zero-order valence-electron chi connectivity index (χ0n) is 10.4. The first-order valence-electron chi connectivity index (χ1n) is 6.10. The smallest absolute Gasteiger partial charge is 0.407 e. The van der Waals surface area contributed by atoms with E-state index in [1.807, 2.05) is 0 Å². The van der Waals surface area contributed by atoms with E-state index in [-0.39, 0.29) is 11.5 Å². The van der Waals surface area contributed by atoms with Crippen molar-refractivity contribution in [3.8, 4) is 0 Å². The zero-order chi connectivity index (χ0) is 11.9. The highest BCUT2D eigenvalue weighted by Crippen LogP contribution is 2.39. The van der Waals surface area contributed by atoms with Crippen LogP contribution in [0.2, 0.25) is 0 Å². The van der Waals surface area contributed by atoms with E-state index in [0.717, 1.165) is 13.1 Å². The first-order chi connectivity index (χ1) is 7.39. The highest BCUT2D eigenvalue weighted by molar-refractivity contribution is 5.66. The molecular formula is C12H22N2O2. The summed E-state index contributed by atoms with van der Waals surface area (Å²) in [5, 5.41) is 12.8. The van der Waals surface area contributed by atoms with Gasteiger partial charge in [0.25, 0.3) is 0 Å². The number of amides is 1. The van der Waals surface area contributed by atoms with Gasteiger partial charge in [-0.3, -0.25) is 0 Å². The lowest BCUT2D eigenvalue weighted by atomic mass is 9.70. The van der Waals surface area contributed by atoms with Crippen LogP contribution in [-0.2, 0) is 0 Å². The molecule has 4 heteroatoms. The molecule has 2 heterocycles. The standard InChI is InChI=1S/C12H22N2O2/c1-12(2,3)10-9-4-8(5-13-6-9)7-14(10)11(15)16/h8-10,13H,4-7H2,1-3H3,(H,15,16). The maximum Gasteiger partial charge on any atom is 0.407 e. The van der Waals surface area contributed by atoms with Crippen LogP contribution >= 0.6 is 0 Å². The Kier molecular flexibility index (Phi) is 2.86. The quantitative estimate of drug-likeness (QED) is 0.660. The largest absolute Gasteiger partial charge is 0.465 e. The Morgan fingerprint density at radius 1 is 1.38 bits per heavy atom. The van der Waals surface area contributed by atoms with Gasteiger partial charge in [0.15, 0.2) is 0 Å². The molecule has 92 valence electrons. The molecule has 4 nitrogen and oxygen atoms in total. The molecule has 16 heavy (non-hydrogen) atoms. The lowest BCUT2D eigenvalue weighted by Gasteiger charge is -2.51. The van der Waals surface area contributed by atoms with Crippen LogP contribution in [0.5, 0.6) is 0 Å². The van der Waals surface area contributed by atoms with E-state index in [4.69, 9.17) is 0 Å². The van der Waals surface area contributed by atoms with Gasteiger partial charge in [-0.2, -0.15) is 0 Å². The second kappa shape index (κ2) is 3.91.